The lowest BCUT2D eigenvalue weighted by atomic mass is 9.84. The third-order valence-corrected chi connectivity index (χ3v) is 10.9. The van der Waals surface area contributed by atoms with Gasteiger partial charge in [0, 0.05) is 34.7 Å². The van der Waals surface area contributed by atoms with Crippen LogP contribution in [0.2, 0.25) is 0 Å². The number of hydrogen-bond acceptors (Lipinski definition) is 3. The van der Waals surface area contributed by atoms with E-state index in [2.05, 4.69) is 125 Å². The maximum atomic E-state index is 7.81. The molecule has 0 amide bonds. The van der Waals surface area contributed by atoms with E-state index in [1.54, 1.807) is 0 Å². The van der Waals surface area contributed by atoms with Crippen LogP contribution in [0.4, 0.5) is 5.69 Å². The van der Waals surface area contributed by atoms with Gasteiger partial charge in [-0.1, -0.05) is 103 Å². The number of fused-ring (bicyclic) bond motifs is 8. The van der Waals surface area contributed by atoms with E-state index in [1.165, 1.54) is 16.7 Å². The van der Waals surface area contributed by atoms with Crippen LogP contribution in [0.5, 0.6) is 0 Å². The van der Waals surface area contributed by atoms with Crippen molar-refractivity contribution in [3.63, 3.8) is 0 Å². The maximum absolute atomic E-state index is 7.81. The third-order valence-electron chi connectivity index (χ3n) is 10.9. The Bertz CT molecular complexity index is 3380. The average Bonchev–Trinajstić information content (AvgIpc) is 3.58. The standard InChI is InChI=1S/C50H29N5/c1-51-35-19-23-45-42(30-35)41-29-34(18-22-44(41)55(45)46-15-7-8-25-52-46)47-36-13-5-6-14-37(36)48(43-28-33(17-20-38(43)47)31-10-3-2-4-11-31)39-24-27-54-50-40(39)21-16-32-12-9-26-53-49(32)50/h2-30H. The number of nitrogens with zero attached hydrogens (tertiary/aromatic N) is 5. The van der Waals surface area contributed by atoms with Gasteiger partial charge in [0.25, 0.3) is 0 Å². The highest BCUT2D eigenvalue weighted by molar-refractivity contribution is 6.25. The monoisotopic (exact) mass is 699 g/mol. The SMILES string of the molecule is [C-]#[N+]c1ccc2c(c1)c1cc(-c3c4ccccc4c(-c4ccnc5c4ccc4cccnc45)c4cc(-c5ccccc5)ccc34)ccc1n2-c1ccccn1. The van der Waals surface area contributed by atoms with Gasteiger partial charge in [0.05, 0.1) is 28.6 Å². The molecule has 5 heteroatoms. The average molecular weight is 700 g/mol. The van der Waals surface area contributed by atoms with Crippen LogP contribution in [0.3, 0.4) is 0 Å². The topological polar surface area (TPSA) is 48.0 Å². The second-order valence-corrected chi connectivity index (χ2v) is 13.9. The Balaban J connectivity index is 1.26. The molecule has 0 saturated carbocycles. The van der Waals surface area contributed by atoms with Crippen LogP contribution < -0.4 is 0 Å². The van der Waals surface area contributed by atoms with Crippen molar-refractivity contribution in [2.75, 3.05) is 0 Å². The van der Waals surface area contributed by atoms with Gasteiger partial charge in [-0.25, -0.2) is 9.83 Å². The van der Waals surface area contributed by atoms with Crippen molar-refractivity contribution in [2.45, 2.75) is 0 Å². The van der Waals surface area contributed by atoms with Crippen LogP contribution in [0, 0.1) is 6.57 Å². The van der Waals surface area contributed by atoms with Crippen molar-refractivity contribution in [1.29, 1.82) is 0 Å². The molecule has 11 rings (SSSR count). The lowest BCUT2D eigenvalue weighted by molar-refractivity contribution is 1.08. The minimum atomic E-state index is 0.610. The van der Waals surface area contributed by atoms with Crippen molar-refractivity contribution in [1.82, 2.24) is 19.5 Å². The molecule has 4 heterocycles. The summed E-state index contributed by atoms with van der Waals surface area (Å²) in [5, 5.41) is 8.88. The molecule has 0 fully saturated rings. The largest absolute Gasteiger partial charge is 0.294 e. The Kier molecular flexibility index (Phi) is 6.85. The molecule has 0 aliphatic rings. The molecule has 4 aromatic heterocycles. The van der Waals surface area contributed by atoms with Gasteiger partial charge in [0.2, 0.25) is 0 Å². The van der Waals surface area contributed by atoms with Crippen molar-refractivity contribution in [3.8, 4) is 39.2 Å². The van der Waals surface area contributed by atoms with Gasteiger partial charge >= 0.3 is 0 Å². The normalized spacial score (nSPS) is 11.6. The van der Waals surface area contributed by atoms with E-state index < -0.39 is 0 Å². The second kappa shape index (κ2) is 12.2. The Morgan fingerprint density at radius 2 is 1.11 bits per heavy atom. The fourth-order valence-corrected chi connectivity index (χ4v) is 8.53. The van der Waals surface area contributed by atoms with Crippen molar-refractivity contribution in [3.05, 3.63) is 188 Å². The minimum absolute atomic E-state index is 0.610. The molecule has 0 aliphatic heterocycles. The molecule has 0 radical (unpaired) electrons. The molecule has 0 unspecified atom stereocenters. The Hall–Kier alpha value is -7.68. The van der Waals surface area contributed by atoms with E-state index in [9.17, 15) is 0 Å². The van der Waals surface area contributed by atoms with Gasteiger partial charge in [-0.2, -0.15) is 0 Å². The highest BCUT2D eigenvalue weighted by atomic mass is 15.1. The summed E-state index contributed by atoms with van der Waals surface area (Å²) in [6, 6.07) is 55.5. The van der Waals surface area contributed by atoms with Crippen molar-refractivity contribution in [2.24, 2.45) is 0 Å². The zero-order valence-electron chi connectivity index (χ0n) is 29.5. The van der Waals surface area contributed by atoms with Crippen LogP contribution >= 0.6 is 0 Å². The van der Waals surface area contributed by atoms with Crippen molar-refractivity contribution < 1.29 is 0 Å². The van der Waals surface area contributed by atoms with E-state index in [0.717, 1.165) is 87.7 Å². The van der Waals surface area contributed by atoms with Gasteiger partial charge in [-0.05, 0) is 115 Å². The molecule has 0 bridgehead atoms. The van der Waals surface area contributed by atoms with E-state index >= 15 is 0 Å². The molecule has 0 aliphatic carbocycles. The Morgan fingerprint density at radius 3 is 1.95 bits per heavy atom. The lowest BCUT2D eigenvalue weighted by Crippen LogP contribution is -1.96. The highest BCUT2D eigenvalue weighted by Crippen LogP contribution is 2.47. The van der Waals surface area contributed by atoms with Gasteiger partial charge in [-0.15, -0.1) is 0 Å². The quantitative estimate of drug-likeness (QED) is 0.104. The summed E-state index contributed by atoms with van der Waals surface area (Å²) in [6.45, 7) is 7.81. The molecule has 7 aromatic carbocycles. The minimum Gasteiger partial charge on any atom is -0.294 e. The highest BCUT2D eigenvalue weighted by Gasteiger charge is 2.21. The summed E-state index contributed by atoms with van der Waals surface area (Å²) in [5.41, 5.74) is 11.3. The Morgan fingerprint density at radius 1 is 0.418 bits per heavy atom. The molecular weight excluding hydrogens is 671 g/mol. The Labute approximate surface area is 316 Å². The first-order valence-corrected chi connectivity index (χ1v) is 18.3. The molecule has 5 nitrogen and oxygen atoms in total. The van der Waals surface area contributed by atoms with E-state index in [1.807, 2.05) is 61.1 Å². The van der Waals surface area contributed by atoms with E-state index in [4.69, 9.17) is 21.5 Å². The smallest absolute Gasteiger partial charge is 0.188 e. The van der Waals surface area contributed by atoms with Gasteiger partial charge < -0.3 is 0 Å². The van der Waals surface area contributed by atoms with Crippen LogP contribution in [-0.2, 0) is 0 Å². The summed E-state index contributed by atoms with van der Waals surface area (Å²) in [6.07, 6.45) is 5.59. The molecular formula is C50H29N5. The summed E-state index contributed by atoms with van der Waals surface area (Å²) in [7, 11) is 0. The number of pyridine rings is 3. The molecule has 0 N–H and O–H groups in total. The first-order chi connectivity index (χ1) is 27.2. The fraction of sp³-hybridized carbons (Fsp3) is 0. The maximum Gasteiger partial charge on any atom is 0.188 e. The van der Waals surface area contributed by atoms with Gasteiger partial charge in [0.15, 0.2) is 5.69 Å². The molecule has 11 aromatic rings. The van der Waals surface area contributed by atoms with Crippen LogP contribution in [0.1, 0.15) is 0 Å². The summed E-state index contributed by atoms with van der Waals surface area (Å²) in [4.78, 5) is 18.2. The lowest BCUT2D eigenvalue weighted by Gasteiger charge is -2.20. The fourth-order valence-electron chi connectivity index (χ4n) is 8.53. The van der Waals surface area contributed by atoms with Crippen LogP contribution in [-0.4, -0.2) is 19.5 Å². The first-order valence-electron chi connectivity index (χ1n) is 18.3. The molecule has 254 valence electrons. The van der Waals surface area contributed by atoms with E-state index in [-0.39, 0.29) is 0 Å². The second-order valence-electron chi connectivity index (χ2n) is 13.9. The van der Waals surface area contributed by atoms with Gasteiger partial charge in [0.1, 0.15) is 5.82 Å². The molecule has 0 saturated heterocycles. The zero-order chi connectivity index (χ0) is 36.5. The number of hydrogen-bond donors (Lipinski definition) is 0. The zero-order valence-corrected chi connectivity index (χ0v) is 29.5. The predicted molar refractivity (Wildman–Crippen MR) is 227 cm³/mol. The van der Waals surface area contributed by atoms with Crippen LogP contribution in [0.15, 0.2) is 176 Å². The molecule has 0 spiro atoms. The summed E-state index contributed by atoms with van der Waals surface area (Å²) in [5.74, 6) is 0.840. The molecule has 55 heavy (non-hydrogen) atoms. The third kappa shape index (κ3) is 4.76. The number of benzene rings is 7. The summed E-state index contributed by atoms with van der Waals surface area (Å²) >= 11 is 0. The number of rotatable bonds is 4. The van der Waals surface area contributed by atoms with E-state index in [0.29, 0.717) is 5.69 Å². The van der Waals surface area contributed by atoms with Crippen molar-refractivity contribution >= 4 is 70.8 Å². The van der Waals surface area contributed by atoms with Gasteiger partial charge in [-0.3, -0.25) is 14.5 Å². The number of aromatic nitrogens is 4. The first kappa shape index (κ1) is 30.9. The predicted octanol–water partition coefficient (Wildman–Crippen LogP) is 13.1. The molecule has 0 atom stereocenters. The van der Waals surface area contributed by atoms with Crippen LogP contribution in [0.25, 0.3) is 109 Å². The summed E-state index contributed by atoms with van der Waals surface area (Å²) < 4.78 is 2.20.